The number of carbonyl (C=O) groups is 1. The van der Waals surface area contributed by atoms with E-state index in [9.17, 15) is 9.90 Å². The van der Waals surface area contributed by atoms with E-state index in [1.54, 1.807) is 6.92 Å². The molecule has 0 aromatic heterocycles. The van der Waals surface area contributed by atoms with E-state index in [0.29, 0.717) is 32.2 Å². The zero-order chi connectivity index (χ0) is 15.2. The highest BCUT2D eigenvalue weighted by atomic mass is 16.5. The molecule has 1 heterocycles. The summed E-state index contributed by atoms with van der Waals surface area (Å²) in [5, 5.41) is 13.3. The number of nitrogens with zero attached hydrogens (tertiary/aromatic N) is 1. The van der Waals surface area contributed by atoms with Crippen LogP contribution in [0.1, 0.15) is 34.1 Å². The Morgan fingerprint density at radius 2 is 2.00 bits per heavy atom. The van der Waals surface area contributed by atoms with Crippen LogP contribution in [0.3, 0.4) is 0 Å². The summed E-state index contributed by atoms with van der Waals surface area (Å²) in [6.07, 6.45) is 0.985. The van der Waals surface area contributed by atoms with E-state index < -0.39 is 5.60 Å². The van der Waals surface area contributed by atoms with Crippen molar-refractivity contribution in [3.8, 4) is 0 Å². The highest BCUT2D eigenvalue weighted by molar-refractivity contribution is 5.78. The summed E-state index contributed by atoms with van der Waals surface area (Å²) < 4.78 is 5.29. The van der Waals surface area contributed by atoms with Crippen LogP contribution in [0.15, 0.2) is 0 Å². The van der Waals surface area contributed by atoms with E-state index in [2.05, 4.69) is 24.1 Å². The lowest BCUT2D eigenvalue weighted by molar-refractivity contribution is -0.127. The minimum atomic E-state index is -0.901. The Kier molecular flexibility index (Phi) is 6.92. The third kappa shape index (κ3) is 5.77. The normalized spacial score (nSPS) is 22.9. The Morgan fingerprint density at radius 1 is 1.40 bits per heavy atom. The first-order valence-electron chi connectivity index (χ1n) is 7.66. The van der Waals surface area contributed by atoms with Crippen LogP contribution in [0.5, 0.6) is 0 Å². The minimum Gasteiger partial charge on any atom is -0.387 e. The molecule has 1 amide bonds. The van der Waals surface area contributed by atoms with Gasteiger partial charge in [-0.15, -0.1) is 0 Å². The molecule has 5 nitrogen and oxygen atoms in total. The maximum Gasteiger partial charge on any atom is 0.223 e. The fourth-order valence-electron chi connectivity index (χ4n) is 2.35. The Labute approximate surface area is 122 Å². The van der Waals surface area contributed by atoms with Gasteiger partial charge >= 0.3 is 0 Å². The van der Waals surface area contributed by atoms with Gasteiger partial charge in [-0.1, -0.05) is 27.2 Å². The maximum atomic E-state index is 12.0. The Bertz CT molecular complexity index is 301. The van der Waals surface area contributed by atoms with Gasteiger partial charge < -0.3 is 15.2 Å². The molecule has 0 saturated carbocycles. The molecule has 0 aliphatic carbocycles. The lowest BCUT2D eigenvalue weighted by atomic mass is 9.92. The molecule has 0 radical (unpaired) electrons. The van der Waals surface area contributed by atoms with E-state index in [1.807, 2.05) is 6.92 Å². The van der Waals surface area contributed by atoms with E-state index in [0.717, 1.165) is 19.5 Å². The average Bonchev–Trinajstić information content (AvgIpc) is 2.43. The van der Waals surface area contributed by atoms with Gasteiger partial charge in [-0.3, -0.25) is 9.69 Å². The zero-order valence-electron chi connectivity index (χ0n) is 13.3. The van der Waals surface area contributed by atoms with Crippen LogP contribution in [-0.2, 0) is 9.53 Å². The fourth-order valence-corrected chi connectivity index (χ4v) is 2.35. The average molecular weight is 286 g/mol. The molecule has 20 heavy (non-hydrogen) atoms. The van der Waals surface area contributed by atoms with Gasteiger partial charge in [0.2, 0.25) is 5.91 Å². The van der Waals surface area contributed by atoms with E-state index in [1.165, 1.54) is 0 Å². The second-order valence-corrected chi connectivity index (χ2v) is 6.28. The zero-order valence-corrected chi connectivity index (χ0v) is 13.3. The molecule has 5 heteroatoms. The number of nitrogens with one attached hydrogen (secondary N) is 1. The van der Waals surface area contributed by atoms with Crippen molar-refractivity contribution in [2.75, 3.05) is 39.4 Å². The lowest BCUT2D eigenvalue weighted by Gasteiger charge is -2.34. The van der Waals surface area contributed by atoms with Crippen LogP contribution < -0.4 is 5.32 Å². The van der Waals surface area contributed by atoms with Gasteiger partial charge in [-0.2, -0.15) is 0 Å². The number of β-amino-alcohol motifs (C(OH)–C–C–N with tert-alkyl or cyclic N) is 1. The summed E-state index contributed by atoms with van der Waals surface area (Å²) >= 11 is 0. The second kappa shape index (κ2) is 7.96. The Balaban J connectivity index is 2.36. The first-order chi connectivity index (χ1) is 9.35. The van der Waals surface area contributed by atoms with Crippen molar-refractivity contribution in [1.29, 1.82) is 0 Å². The summed E-state index contributed by atoms with van der Waals surface area (Å²) in [5.74, 6) is 0.375. The SMILES string of the molecule is CCC(C)C(C)C(=O)NCC(C)(O)CN1CCOCC1. The highest BCUT2D eigenvalue weighted by Gasteiger charge is 2.27. The van der Waals surface area contributed by atoms with Crippen molar-refractivity contribution in [3.05, 3.63) is 0 Å². The van der Waals surface area contributed by atoms with Crippen molar-refractivity contribution in [1.82, 2.24) is 10.2 Å². The molecule has 2 N–H and O–H groups in total. The number of amides is 1. The molecule has 118 valence electrons. The summed E-state index contributed by atoms with van der Waals surface area (Å²) in [6.45, 7) is 11.9. The second-order valence-electron chi connectivity index (χ2n) is 6.28. The van der Waals surface area contributed by atoms with Gasteiger partial charge in [0.15, 0.2) is 0 Å². The molecule has 3 atom stereocenters. The Morgan fingerprint density at radius 3 is 2.55 bits per heavy atom. The van der Waals surface area contributed by atoms with E-state index >= 15 is 0 Å². The maximum absolute atomic E-state index is 12.0. The standard InChI is InChI=1S/C15H30N2O3/c1-5-12(2)13(3)14(18)16-10-15(4,19)11-17-6-8-20-9-7-17/h12-13,19H,5-11H2,1-4H3,(H,16,18). The molecule has 1 saturated heterocycles. The van der Waals surface area contributed by atoms with Crippen LogP contribution in [-0.4, -0.2) is 60.9 Å². The number of morpholine rings is 1. The van der Waals surface area contributed by atoms with E-state index in [4.69, 9.17) is 4.74 Å². The minimum absolute atomic E-state index is 0.0146. The molecular formula is C15H30N2O3. The van der Waals surface area contributed by atoms with Crippen molar-refractivity contribution >= 4 is 5.91 Å². The van der Waals surface area contributed by atoms with Crippen LogP contribution in [0.25, 0.3) is 0 Å². The predicted molar refractivity (Wildman–Crippen MR) is 79.5 cm³/mol. The molecule has 1 fully saturated rings. The molecule has 0 spiro atoms. The Hall–Kier alpha value is -0.650. The summed E-state index contributed by atoms with van der Waals surface area (Å²) in [5.41, 5.74) is -0.901. The van der Waals surface area contributed by atoms with Gasteiger partial charge in [0.1, 0.15) is 0 Å². The molecule has 1 aliphatic rings. The number of carbonyl (C=O) groups excluding carboxylic acids is 1. The summed E-state index contributed by atoms with van der Waals surface area (Å²) in [7, 11) is 0. The first-order valence-corrected chi connectivity index (χ1v) is 7.66. The number of hydrogen-bond donors (Lipinski definition) is 2. The van der Waals surface area contributed by atoms with Crippen molar-refractivity contribution in [3.63, 3.8) is 0 Å². The molecule has 1 rings (SSSR count). The third-order valence-electron chi connectivity index (χ3n) is 4.22. The summed E-state index contributed by atoms with van der Waals surface area (Å²) in [4.78, 5) is 14.2. The largest absolute Gasteiger partial charge is 0.387 e. The smallest absolute Gasteiger partial charge is 0.223 e. The van der Waals surface area contributed by atoms with Crippen LogP contribution in [0.4, 0.5) is 0 Å². The summed E-state index contributed by atoms with van der Waals surface area (Å²) in [6, 6.07) is 0. The van der Waals surface area contributed by atoms with Crippen molar-refractivity contribution in [2.24, 2.45) is 11.8 Å². The highest BCUT2D eigenvalue weighted by Crippen LogP contribution is 2.15. The predicted octanol–water partition coefficient (Wildman–Crippen LogP) is 0.868. The monoisotopic (exact) mass is 286 g/mol. The number of rotatable bonds is 7. The van der Waals surface area contributed by atoms with Crippen molar-refractivity contribution < 1.29 is 14.6 Å². The van der Waals surface area contributed by atoms with Crippen LogP contribution in [0, 0.1) is 11.8 Å². The van der Waals surface area contributed by atoms with Gasteiger partial charge in [-0.25, -0.2) is 0 Å². The first kappa shape index (κ1) is 17.4. The quantitative estimate of drug-likeness (QED) is 0.729. The molecule has 1 aliphatic heterocycles. The third-order valence-corrected chi connectivity index (χ3v) is 4.22. The number of aliphatic hydroxyl groups is 1. The van der Waals surface area contributed by atoms with Gasteiger partial charge in [-0.05, 0) is 12.8 Å². The van der Waals surface area contributed by atoms with Gasteiger partial charge in [0.05, 0.1) is 18.8 Å². The topological polar surface area (TPSA) is 61.8 Å². The molecule has 0 bridgehead atoms. The van der Waals surface area contributed by atoms with Gasteiger partial charge in [0, 0.05) is 32.1 Å². The van der Waals surface area contributed by atoms with Crippen molar-refractivity contribution in [2.45, 2.75) is 39.7 Å². The van der Waals surface area contributed by atoms with Crippen LogP contribution >= 0.6 is 0 Å². The van der Waals surface area contributed by atoms with Gasteiger partial charge in [0.25, 0.3) is 0 Å². The molecule has 0 aromatic carbocycles. The van der Waals surface area contributed by atoms with Crippen LogP contribution in [0.2, 0.25) is 0 Å². The number of hydrogen-bond acceptors (Lipinski definition) is 4. The number of ether oxygens (including phenoxy) is 1. The molecule has 3 unspecified atom stereocenters. The van der Waals surface area contributed by atoms with E-state index in [-0.39, 0.29) is 11.8 Å². The lowest BCUT2D eigenvalue weighted by Crippen LogP contribution is -2.52. The molecule has 0 aromatic rings. The molecular weight excluding hydrogens is 256 g/mol. The fraction of sp³-hybridized carbons (Fsp3) is 0.933.